The van der Waals surface area contributed by atoms with Gasteiger partial charge < -0.3 is 4.74 Å². The minimum absolute atomic E-state index is 0.350. The maximum atomic E-state index is 12.4. The Morgan fingerprint density at radius 2 is 2.11 bits per heavy atom. The number of carbonyl (C=O) groups is 1. The number of methoxy groups -OCH3 is 1. The predicted octanol–water partition coefficient (Wildman–Crippen LogP) is 3.88. The van der Waals surface area contributed by atoms with Crippen LogP contribution in [-0.4, -0.2) is 18.8 Å². The van der Waals surface area contributed by atoms with Crippen molar-refractivity contribution < 1.29 is 9.53 Å². The zero-order chi connectivity index (χ0) is 13.9. The average molecular weight is 281 g/mol. The van der Waals surface area contributed by atoms with E-state index in [1.807, 2.05) is 12.1 Å². The lowest BCUT2D eigenvalue weighted by atomic mass is 9.68. The number of ether oxygens (including phenoxy) is 1. The second-order valence-corrected chi connectivity index (χ2v) is 5.80. The highest BCUT2D eigenvalue weighted by molar-refractivity contribution is 6.17. The molecule has 0 saturated heterocycles. The standard InChI is InChI=1S/C16H21ClO2/c1-16(9-3-4-10-17)14-11-13(19-2)7-5-12(14)6-8-15(16)18/h5,7,11H,3-4,6,8-10H2,1-2H3. The van der Waals surface area contributed by atoms with Crippen LogP contribution in [0.3, 0.4) is 0 Å². The van der Waals surface area contributed by atoms with Gasteiger partial charge in [-0.2, -0.15) is 0 Å². The first-order chi connectivity index (χ1) is 9.11. The summed E-state index contributed by atoms with van der Waals surface area (Å²) in [4.78, 5) is 12.4. The van der Waals surface area contributed by atoms with Crippen LogP contribution in [0.2, 0.25) is 0 Å². The molecule has 104 valence electrons. The van der Waals surface area contributed by atoms with Gasteiger partial charge in [-0.05, 0) is 49.4 Å². The second kappa shape index (κ2) is 5.96. The van der Waals surface area contributed by atoms with E-state index < -0.39 is 0 Å². The molecule has 0 amide bonds. The number of carbonyl (C=O) groups excluding carboxylic acids is 1. The molecule has 0 spiro atoms. The number of aryl methyl sites for hydroxylation is 1. The van der Waals surface area contributed by atoms with Gasteiger partial charge in [-0.3, -0.25) is 4.79 Å². The van der Waals surface area contributed by atoms with Gasteiger partial charge in [0.2, 0.25) is 0 Å². The molecule has 1 aromatic carbocycles. The molecule has 3 heteroatoms. The molecule has 1 aliphatic carbocycles. The quantitative estimate of drug-likeness (QED) is 0.604. The Hall–Kier alpha value is -1.02. The predicted molar refractivity (Wildman–Crippen MR) is 78.2 cm³/mol. The summed E-state index contributed by atoms with van der Waals surface area (Å²) in [6.45, 7) is 2.07. The number of fused-ring (bicyclic) bond motifs is 1. The number of Topliss-reactive ketones (excluding diaryl/α,β-unsaturated/α-hetero) is 1. The molecule has 0 heterocycles. The summed E-state index contributed by atoms with van der Waals surface area (Å²) in [5, 5.41) is 0. The van der Waals surface area contributed by atoms with E-state index >= 15 is 0 Å². The number of halogens is 1. The molecule has 0 aliphatic heterocycles. The van der Waals surface area contributed by atoms with Crippen LogP contribution in [-0.2, 0) is 16.6 Å². The summed E-state index contributed by atoms with van der Waals surface area (Å²) in [5.74, 6) is 1.84. The third kappa shape index (κ3) is 2.79. The third-order valence-corrected chi connectivity index (χ3v) is 4.48. The molecule has 0 fully saturated rings. The molecular formula is C16H21ClO2. The fourth-order valence-corrected chi connectivity index (χ4v) is 3.12. The van der Waals surface area contributed by atoms with Crippen molar-refractivity contribution >= 4 is 17.4 Å². The van der Waals surface area contributed by atoms with Crippen LogP contribution in [0.25, 0.3) is 0 Å². The van der Waals surface area contributed by atoms with Crippen molar-refractivity contribution in [3.8, 4) is 5.75 Å². The molecule has 1 atom stereocenters. The highest BCUT2D eigenvalue weighted by Crippen LogP contribution is 2.40. The SMILES string of the molecule is COc1ccc2c(c1)C(C)(CCCCCl)C(=O)CC2. The number of ketones is 1. The second-order valence-electron chi connectivity index (χ2n) is 5.42. The summed E-state index contributed by atoms with van der Waals surface area (Å²) in [6.07, 6.45) is 4.32. The number of unbranched alkanes of at least 4 members (excludes halogenated alkanes) is 1. The molecule has 0 radical (unpaired) electrons. The fourth-order valence-electron chi connectivity index (χ4n) is 2.94. The van der Waals surface area contributed by atoms with Crippen molar-refractivity contribution in [2.45, 2.75) is 44.4 Å². The van der Waals surface area contributed by atoms with Crippen molar-refractivity contribution in [3.05, 3.63) is 29.3 Å². The number of rotatable bonds is 5. The Kier molecular flexibility index (Phi) is 4.51. The van der Waals surface area contributed by atoms with Gasteiger partial charge in [-0.1, -0.05) is 12.5 Å². The van der Waals surface area contributed by atoms with Crippen molar-refractivity contribution in [3.63, 3.8) is 0 Å². The molecular weight excluding hydrogens is 260 g/mol. The topological polar surface area (TPSA) is 26.3 Å². The summed E-state index contributed by atoms with van der Waals surface area (Å²) < 4.78 is 5.30. The van der Waals surface area contributed by atoms with Crippen LogP contribution in [0.1, 0.15) is 43.7 Å². The Morgan fingerprint density at radius 3 is 2.79 bits per heavy atom. The molecule has 0 saturated carbocycles. The van der Waals surface area contributed by atoms with E-state index in [0.717, 1.165) is 37.0 Å². The Labute approximate surface area is 120 Å². The van der Waals surface area contributed by atoms with Gasteiger partial charge in [0.25, 0.3) is 0 Å². The van der Waals surface area contributed by atoms with E-state index in [0.29, 0.717) is 18.1 Å². The minimum atomic E-state index is -0.367. The molecule has 1 aromatic rings. The maximum absolute atomic E-state index is 12.4. The van der Waals surface area contributed by atoms with E-state index in [1.54, 1.807) is 7.11 Å². The lowest BCUT2D eigenvalue weighted by molar-refractivity contribution is -0.124. The highest BCUT2D eigenvalue weighted by atomic mass is 35.5. The van der Waals surface area contributed by atoms with Crippen LogP contribution in [0, 0.1) is 0 Å². The molecule has 0 aromatic heterocycles. The van der Waals surface area contributed by atoms with Gasteiger partial charge in [0.05, 0.1) is 12.5 Å². The summed E-state index contributed by atoms with van der Waals surface area (Å²) >= 11 is 5.74. The van der Waals surface area contributed by atoms with E-state index in [4.69, 9.17) is 16.3 Å². The Morgan fingerprint density at radius 1 is 1.32 bits per heavy atom. The van der Waals surface area contributed by atoms with E-state index in [-0.39, 0.29) is 5.41 Å². The first-order valence-electron chi connectivity index (χ1n) is 6.88. The molecule has 0 bridgehead atoms. The van der Waals surface area contributed by atoms with Crippen LogP contribution in [0.15, 0.2) is 18.2 Å². The Bertz CT molecular complexity index is 470. The molecule has 2 nitrogen and oxygen atoms in total. The van der Waals surface area contributed by atoms with E-state index in [1.165, 1.54) is 5.56 Å². The van der Waals surface area contributed by atoms with Crippen LogP contribution >= 0.6 is 11.6 Å². The fraction of sp³-hybridized carbons (Fsp3) is 0.562. The smallest absolute Gasteiger partial charge is 0.143 e. The Balaban J connectivity index is 2.35. The maximum Gasteiger partial charge on any atom is 0.143 e. The summed E-state index contributed by atoms with van der Waals surface area (Å²) in [6, 6.07) is 6.11. The third-order valence-electron chi connectivity index (χ3n) is 4.21. The van der Waals surface area contributed by atoms with Crippen molar-refractivity contribution in [1.29, 1.82) is 0 Å². The van der Waals surface area contributed by atoms with Crippen LogP contribution in [0.4, 0.5) is 0 Å². The monoisotopic (exact) mass is 280 g/mol. The van der Waals surface area contributed by atoms with Gasteiger partial charge in [-0.25, -0.2) is 0 Å². The lowest BCUT2D eigenvalue weighted by Crippen LogP contribution is -2.37. The molecule has 2 rings (SSSR count). The summed E-state index contributed by atoms with van der Waals surface area (Å²) in [7, 11) is 1.66. The molecule has 0 N–H and O–H groups in total. The van der Waals surface area contributed by atoms with E-state index in [2.05, 4.69) is 13.0 Å². The van der Waals surface area contributed by atoms with Gasteiger partial charge in [0, 0.05) is 12.3 Å². The molecule has 1 aliphatic rings. The average Bonchev–Trinajstić information content (AvgIpc) is 2.43. The van der Waals surface area contributed by atoms with Gasteiger partial charge in [0.1, 0.15) is 11.5 Å². The van der Waals surface area contributed by atoms with Crippen molar-refractivity contribution in [2.75, 3.05) is 13.0 Å². The number of hydrogen-bond donors (Lipinski definition) is 0. The first-order valence-corrected chi connectivity index (χ1v) is 7.42. The van der Waals surface area contributed by atoms with Gasteiger partial charge >= 0.3 is 0 Å². The summed E-state index contributed by atoms with van der Waals surface area (Å²) in [5.41, 5.74) is 2.07. The van der Waals surface area contributed by atoms with Crippen LogP contribution in [0.5, 0.6) is 5.75 Å². The zero-order valence-corrected chi connectivity index (χ0v) is 12.4. The first kappa shape index (κ1) is 14.4. The number of hydrogen-bond acceptors (Lipinski definition) is 2. The van der Waals surface area contributed by atoms with Crippen molar-refractivity contribution in [2.24, 2.45) is 0 Å². The lowest BCUT2D eigenvalue weighted by Gasteiger charge is -2.35. The number of alkyl halides is 1. The minimum Gasteiger partial charge on any atom is -0.497 e. The number of benzene rings is 1. The molecule has 19 heavy (non-hydrogen) atoms. The largest absolute Gasteiger partial charge is 0.497 e. The molecule has 1 unspecified atom stereocenters. The van der Waals surface area contributed by atoms with Gasteiger partial charge in [-0.15, -0.1) is 11.6 Å². The normalized spacial score (nSPS) is 22.2. The highest BCUT2D eigenvalue weighted by Gasteiger charge is 2.38. The van der Waals surface area contributed by atoms with Crippen LogP contribution < -0.4 is 4.74 Å². The van der Waals surface area contributed by atoms with Gasteiger partial charge in [0.15, 0.2) is 0 Å². The van der Waals surface area contributed by atoms with Crippen molar-refractivity contribution in [1.82, 2.24) is 0 Å². The van der Waals surface area contributed by atoms with E-state index in [9.17, 15) is 4.79 Å². The zero-order valence-electron chi connectivity index (χ0n) is 11.7.